The van der Waals surface area contributed by atoms with E-state index in [0.717, 1.165) is 12.8 Å². The van der Waals surface area contributed by atoms with E-state index in [9.17, 15) is 5.11 Å². The highest BCUT2D eigenvalue weighted by atomic mass is 16.3. The summed E-state index contributed by atoms with van der Waals surface area (Å²) in [5.74, 6) is 0. The van der Waals surface area contributed by atoms with Crippen LogP contribution in [0.25, 0.3) is 0 Å². The number of aliphatic hydroxyl groups excluding tert-OH is 1. The summed E-state index contributed by atoms with van der Waals surface area (Å²) in [6.07, 6.45) is 6.85. The SMILES string of the molecule is CCC(N)C1(CCO)CCCC(C)(C)C1. The second kappa shape index (κ2) is 4.84. The summed E-state index contributed by atoms with van der Waals surface area (Å²) in [7, 11) is 0. The second-order valence-electron chi connectivity index (χ2n) is 6.05. The monoisotopic (exact) mass is 213 g/mol. The first-order valence-corrected chi connectivity index (χ1v) is 6.32. The zero-order valence-electron chi connectivity index (χ0n) is 10.6. The van der Waals surface area contributed by atoms with Crippen molar-refractivity contribution in [2.75, 3.05) is 6.61 Å². The van der Waals surface area contributed by atoms with Crippen LogP contribution in [0.1, 0.15) is 59.3 Å². The van der Waals surface area contributed by atoms with Crippen LogP contribution in [0.4, 0.5) is 0 Å². The molecule has 2 unspecified atom stereocenters. The molecular formula is C13H27NO. The number of hydrogen-bond donors (Lipinski definition) is 2. The van der Waals surface area contributed by atoms with Crippen LogP contribution in [-0.2, 0) is 0 Å². The van der Waals surface area contributed by atoms with Crippen molar-refractivity contribution in [1.29, 1.82) is 0 Å². The third kappa shape index (κ3) is 2.94. The van der Waals surface area contributed by atoms with Gasteiger partial charge in [-0.1, -0.05) is 27.2 Å². The Morgan fingerprint density at radius 1 is 1.33 bits per heavy atom. The van der Waals surface area contributed by atoms with Gasteiger partial charge in [0.05, 0.1) is 0 Å². The van der Waals surface area contributed by atoms with E-state index < -0.39 is 0 Å². The van der Waals surface area contributed by atoms with Crippen LogP contribution in [0, 0.1) is 10.8 Å². The summed E-state index contributed by atoms with van der Waals surface area (Å²) in [5.41, 5.74) is 6.88. The Morgan fingerprint density at radius 3 is 2.47 bits per heavy atom. The standard InChI is InChI=1S/C13H27NO/c1-4-11(14)13(8-9-15)7-5-6-12(2,3)10-13/h11,15H,4-10,14H2,1-3H3. The lowest BCUT2D eigenvalue weighted by molar-refractivity contribution is 0.0327. The van der Waals surface area contributed by atoms with Gasteiger partial charge in [0.2, 0.25) is 0 Å². The highest BCUT2D eigenvalue weighted by Gasteiger charge is 2.42. The quantitative estimate of drug-likeness (QED) is 0.754. The molecule has 1 aliphatic rings. The lowest BCUT2D eigenvalue weighted by atomic mass is 9.59. The molecular weight excluding hydrogens is 186 g/mol. The van der Waals surface area contributed by atoms with Crippen molar-refractivity contribution < 1.29 is 5.11 Å². The number of hydrogen-bond acceptors (Lipinski definition) is 2. The minimum Gasteiger partial charge on any atom is -0.396 e. The summed E-state index contributed by atoms with van der Waals surface area (Å²) in [5, 5.41) is 9.24. The fourth-order valence-corrected chi connectivity index (χ4v) is 3.42. The van der Waals surface area contributed by atoms with Gasteiger partial charge >= 0.3 is 0 Å². The molecule has 0 bridgehead atoms. The van der Waals surface area contributed by atoms with Gasteiger partial charge in [-0.3, -0.25) is 0 Å². The Morgan fingerprint density at radius 2 is 2.00 bits per heavy atom. The average molecular weight is 213 g/mol. The molecule has 0 aromatic carbocycles. The molecule has 15 heavy (non-hydrogen) atoms. The maximum atomic E-state index is 9.24. The zero-order valence-corrected chi connectivity index (χ0v) is 10.6. The zero-order chi connectivity index (χ0) is 11.5. The maximum Gasteiger partial charge on any atom is 0.0436 e. The van der Waals surface area contributed by atoms with E-state index in [1.807, 2.05) is 0 Å². The van der Waals surface area contributed by atoms with Crippen molar-refractivity contribution >= 4 is 0 Å². The van der Waals surface area contributed by atoms with Gasteiger partial charge in [-0.25, -0.2) is 0 Å². The Hall–Kier alpha value is -0.0800. The van der Waals surface area contributed by atoms with Crippen LogP contribution < -0.4 is 5.73 Å². The van der Waals surface area contributed by atoms with Crippen LogP contribution in [0.2, 0.25) is 0 Å². The molecule has 1 fully saturated rings. The largest absolute Gasteiger partial charge is 0.396 e. The fraction of sp³-hybridized carbons (Fsp3) is 1.00. The van der Waals surface area contributed by atoms with E-state index >= 15 is 0 Å². The molecule has 0 radical (unpaired) electrons. The fourth-order valence-electron chi connectivity index (χ4n) is 3.42. The van der Waals surface area contributed by atoms with E-state index in [-0.39, 0.29) is 18.1 Å². The summed E-state index contributed by atoms with van der Waals surface area (Å²) >= 11 is 0. The van der Waals surface area contributed by atoms with Gasteiger partial charge in [0.15, 0.2) is 0 Å². The highest BCUT2D eigenvalue weighted by molar-refractivity contribution is 4.96. The molecule has 0 heterocycles. The van der Waals surface area contributed by atoms with Gasteiger partial charge in [-0.05, 0) is 42.9 Å². The smallest absolute Gasteiger partial charge is 0.0436 e. The van der Waals surface area contributed by atoms with Crippen molar-refractivity contribution in [2.45, 2.75) is 65.3 Å². The van der Waals surface area contributed by atoms with Crippen LogP contribution in [0.15, 0.2) is 0 Å². The molecule has 1 rings (SSSR count). The first-order valence-electron chi connectivity index (χ1n) is 6.32. The minimum atomic E-state index is 0.200. The van der Waals surface area contributed by atoms with Crippen molar-refractivity contribution in [2.24, 2.45) is 16.6 Å². The Kier molecular flexibility index (Phi) is 4.19. The molecule has 0 aliphatic heterocycles. The molecule has 0 saturated heterocycles. The normalized spacial score (nSPS) is 32.6. The minimum absolute atomic E-state index is 0.200. The first-order chi connectivity index (χ1) is 6.96. The van der Waals surface area contributed by atoms with Gasteiger partial charge in [0, 0.05) is 12.6 Å². The van der Waals surface area contributed by atoms with E-state index in [1.165, 1.54) is 25.7 Å². The summed E-state index contributed by atoms with van der Waals surface area (Å²) < 4.78 is 0. The maximum absolute atomic E-state index is 9.24. The summed E-state index contributed by atoms with van der Waals surface area (Å²) in [6, 6.07) is 0.254. The molecule has 0 spiro atoms. The molecule has 2 atom stereocenters. The molecule has 0 amide bonds. The average Bonchev–Trinajstić information content (AvgIpc) is 2.15. The van der Waals surface area contributed by atoms with Crippen LogP contribution in [-0.4, -0.2) is 17.8 Å². The molecule has 1 aliphatic carbocycles. The predicted molar refractivity (Wildman–Crippen MR) is 64.7 cm³/mol. The van der Waals surface area contributed by atoms with Gasteiger partial charge in [-0.15, -0.1) is 0 Å². The second-order valence-corrected chi connectivity index (χ2v) is 6.05. The number of nitrogens with two attached hydrogens (primary N) is 1. The van der Waals surface area contributed by atoms with E-state index in [2.05, 4.69) is 20.8 Å². The Balaban J connectivity index is 2.80. The van der Waals surface area contributed by atoms with Gasteiger partial charge in [0.25, 0.3) is 0 Å². The van der Waals surface area contributed by atoms with Gasteiger partial charge in [0.1, 0.15) is 0 Å². The van der Waals surface area contributed by atoms with Crippen molar-refractivity contribution in [3.63, 3.8) is 0 Å². The Bertz CT molecular complexity index is 199. The molecule has 90 valence electrons. The molecule has 3 N–H and O–H groups in total. The third-order valence-electron chi connectivity index (χ3n) is 4.19. The summed E-state index contributed by atoms with van der Waals surface area (Å²) in [6.45, 7) is 7.11. The molecule has 1 saturated carbocycles. The summed E-state index contributed by atoms with van der Waals surface area (Å²) in [4.78, 5) is 0. The molecule has 0 aromatic rings. The van der Waals surface area contributed by atoms with Crippen molar-refractivity contribution in [3.05, 3.63) is 0 Å². The van der Waals surface area contributed by atoms with Gasteiger partial charge < -0.3 is 10.8 Å². The molecule has 2 nitrogen and oxygen atoms in total. The van der Waals surface area contributed by atoms with Crippen LogP contribution in [0.3, 0.4) is 0 Å². The molecule has 2 heteroatoms. The number of rotatable bonds is 4. The first kappa shape index (κ1) is 13.0. The van der Waals surface area contributed by atoms with Crippen molar-refractivity contribution in [1.82, 2.24) is 0 Å². The predicted octanol–water partition coefficient (Wildman–Crippen LogP) is 2.69. The van der Waals surface area contributed by atoms with E-state index in [1.54, 1.807) is 0 Å². The van der Waals surface area contributed by atoms with Crippen LogP contribution in [0.5, 0.6) is 0 Å². The molecule has 0 aromatic heterocycles. The topological polar surface area (TPSA) is 46.2 Å². The van der Waals surface area contributed by atoms with Gasteiger partial charge in [-0.2, -0.15) is 0 Å². The third-order valence-corrected chi connectivity index (χ3v) is 4.19. The Labute approximate surface area is 94.2 Å². The lowest BCUT2D eigenvalue weighted by Gasteiger charge is -2.48. The van der Waals surface area contributed by atoms with Crippen LogP contribution >= 0.6 is 0 Å². The highest BCUT2D eigenvalue weighted by Crippen LogP contribution is 2.50. The van der Waals surface area contributed by atoms with E-state index in [0.29, 0.717) is 5.41 Å². The number of aliphatic hydroxyl groups is 1. The lowest BCUT2D eigenvalue weighted by Crippen LogP contribution is -2.47. The van der Waals surface area contributed by atoms with E-state index in [4.69, 9.17) is 5.73 Å². The van der Waals surface area contributed by atoms with Crippen molar-refractivity contribution in [3.8, 4) is 0 Å².